The maximum atomic E-state index is 13.6. The van der Waals surface area contributed by atoms with E-state index in [2.05, 4.69) is 10.0 Å². The summed E-state index contributed by atoms with van der Waals surface area (Å²) in [5.74, 6) is -2.82. The minimum Gasteiger partial charge on any atom is -0.481 e. The number of rotatable bonds is 12. The van der Waals surface area contributed by atoms with Gasteiger partial charge in [0.1, 0.15) is 11.9 Å². The molecule has 1 atom stereocenters. The lowest BCUT2D eigenvalue weighted by atomic mass is 9.93. The third-order valence-electron chi connectivity index (χ3n) is 6.57. The number of hydrogen-bond donors (Lipinski definition) is 9. The van der Waals surface area contributed by atoms with Crippen molar-refractivity contribution >= 4 is 51.3 Å². The van der Waals surface area contributed by atoms with Crippen molar-refractivity contribution in [2.24, 2.45) is 23.1 Å². The highest BCUT2D eigenvalue weighted by molar-refractivity contribution is 7.89. The van der Waals surface area contributed by atoms with Gasteiger partial charge in [0, 0.05) is 58.1 Å². The summed E-state index contributed by atoms with van der Waals surface area (Å²) >= 11 is 0. The Morgan fingerprint density at radius 1 is 0.900 bits per heavy atom. The molecule has 3 rings (SSSR count). The van der Waals surface area contributed by atoms with Gasteiger partial charge in [0.05, 0.1) is 4.90 Å². The Morgan fingerprint density at radius 3 is 1.94 bits per heavy atom. The molecule has 0 aliphatic carbocycles. The van der Waals surface area contributed by atoms with E-state index in [9.17, 15) is 18.0 Å². The number of anilines is 1. The molecule has 0 spiro atoms. The van der Waals surface area contributed by atoms with Gasteiger partial charge in [-0.15, -0.1) is 0 Å². The molecular weight excluding hydrogens is 674 g/mol. The second kappa shape index (κ2) is 23.4. The predicted molar refractivity (Wildman–Crippen MR) is 187 cm³/mol. The van der Waals surface area contributed by atoms with Crippen LogP contribution in [0.3, 0.4) is 0 Å². The number of hydrogen-bond acceptors (Lipinski definition) is 10. The van der Waals surface area contributed by atoms with Gasteiger partial charge in [-0.05, 0) is 68.0 Å². The molecule has 0 bridgehead atoms. The summed E-state index contributed by atoms with van der Waals surface area (Å²) in [4.78, 5) is 54.1. The van der Waals surface area contributed by atoms with E-state index in [1.54, 1.807) is 35.2 Å². The maximum absolute atomic E-state index is 13.6. The number of nitrogens with one attached hydrogen (secondary N) is 3. The molecule has 12 N–H and O–H groups in total. The number of benzene rings is 2. The van der Waals surface area contributed by atoms with Crippen molar-refractivity contribution in [3.63, 3.8) is 0 Å². The van der Waals surface area contributed by atoms with E-state index in [-0.39, 0.29) is 41.9 Å². The van der Waals surface area contributed by atoms with E-state index < -0.39 is 34.0 Å². The van der Waals surface area contributed by atoms with Gasteiger partial charge in [0.25, 0.3) is 17.9 Å². The van der Waals surface area contributed by atoms with Gasteiger partial charge in [0.2, 0.25) is 21.8 Å². The summed E-state index contributed by atoms with van der Waals surface area (Å²) in [6.45, 7) is 5.07. The fraction of sp³-hybridized carbons (Fsp3) is 0.438. The zero-order valence-electron chi connectivity index (χ0n) is 28.4. The Bertz CT molecular complexity index is 1500. The molecule has 1 fully saturated rings. The van der Waals surface area contributed by atoms with Crippen LogP contribution in [0.1, 0.15) is 57.6 Å². The first kappa shape index (κ1) is 45.1. The first-order chi connectivity index (χ1) is 23.3. The SMILES string of the molecule is CC(=O)O.CC(=O)O.CC(=O)O.N=C(N)c1cccc(CC(NS(=O)(=O)c2cccc(NC(=O)CCN)c2)C(=O)N2CCC(CCN)CC2)c1. The van der Waals surface area contributed by atoms with Gasteiger partial charge in [-0.3, -0.25) is 29.4 Å². The molecule has 0 saturated carbocycles. The minimum atomic E-state index is -4.14. The molecule has 50 heavy (non-hydrogen) atoms. The first-order valence-corrected chi connectivity index (χ1v) is 16.9. The third-order valence-corrected chi connectivity index (χ3v) is 8.04. The van der Waals surface area contributed by atoms with Crippen molar-refractivity contribution in [2.75, 3.05) is 31.5 Å². The van der Waals surface area contributed by atoms with Crippen LogP contribution in [-0.2, 0) is 40.4 Å². The molecule has 2 aromatic carbocycles. The van der Waals surface area contributed by atoms with Gasteiger partial charge >= 0.3 is 0 Å². The summed E-state index contributed by atoms with van der Waals surface area (Å²) in [5, 5.41) is 32.6. The lowest BCUT2D eigenvalue weighted by molar-refractivity contribution is -0.135. The Balaban J connectivity index is 0.00000173. The van der Waals surface area contributed by atoms with Gasteiger partial charge in [-0.1, -0.05) is 24.3 Å². The lowest BCUT2D eigenvalue weighted by Crippen LogP contribution is -2.51. The van der Waals surface area contributed by atoms with Crippen molar-refractivity contribution in [1.82, 2.24) is 9.62 Å². The normalized spacial score (nSPS) is 13.0. The number of carboxylic acid groups (broad SMARTS) is 3. The molecule has 0 radical (unpaired) electrons. The third kappa shape index (κ3) is 19.8. The van der Waals surface area contributed by atoms with E-state index in [1.807, 2.05) is 0 Å². The van der Waals surface area contributed by atoms with E-state index >= 15 is 0 Å². The maximum Gasteiger partial charge on any atom is 0.300 e. The molecule has 2 aromatic rings. The molecule has 1 heterocycles. The number of likely N-dealkylation sites (tertiary alicyclic amines) is 1. The average molecular weight is 724 g/mol. The Morgan fingerprint density at radius 2 is 1.44 bits per heavy atom. The Hall–Kier alpha value is -4.91. The quantitative estimate of drug-likeness (QED) is 0.109. The van der Waals surface area contributed by atoms with Gasteiger partial charge in [0.15, 0.2) is 0 Å². The summed E-state index contributed by atoms with van der Waals surface area (Å²) < 4.78 is 29.4. The van der Waals surface area contributed by atoms with Crippen molar-refractivity contribution in [1.29, 1.82) is 5.41 Å². The van der Waals surface area contributed by atoms with Crippen LogP contribution in [0.5, 0.6) is 0 Å². The number of amidine groups is 1. The second-order valence-corrected chi connectivity index (χ2v) is 12.7. The molecule has 0 aromatic heterocycles. The summed E-state index contributed by atoms with van der Waals surface area (Å²) in [6, 6.07) is 11.6. The Kier molecular flexibility index (Phi) is 21.1. The fourth-order valence-corrected chi connectivity index (χ4v) is 5.76. The summed E-state index contributed by atoms with van der Waals surface area (Å²) in [6.07, 6.45) is 2.70. The number of amides is 2. The monoisotopic (exact) mass is 723 g/mol. The number of piperidine rings is 1. The van der Waals surface area contributed by atoms with Crippen LogP contribution >= 0.6 is 0 Å². The van der Waals surface area contributed by atoms with E-state index in [0.29, 0.717) is 42.4 Å². The molecule has 1 aliphatic heterocycles. The van der Waals surface area contributed by atoms with Crippen molar-refractivity contribution in [2.45, 2.75) is 63.8 Å². The van der Waals surface area contributed by atoms with Crippen LogP contribution in [0.25, 0.3) is 0 Å². The highest BCUT2D eigenvalue weighted by atomic mass is 32.2. The number of nitrogens with two attached hydrogens (primary N) is 3. The number of nitrogens with zero attached hydrogens (tertiary/aromatic N) is 1. The number of nitrogen functional groups attached to an aromatic ring is 1. The molecule has 2 amide bonds. The van der Waals surface area contributed by atoms with Gasteiger partial charge in [-0.25, -0.2) is 8.42 Å². The number of carbonyl (C=O) groups is 5. The van der Waals surface area contributed by atoms with E-state index in [4.69, 9.17) is 52.3 Å². The van der Waals surface area contributed by atoms with E-state index in [1.165, 1.54) is 18.2 Å². The molecular formula is C32H49N7O10S. The number of sulfonamides is 1. The lowest BCUT2D eigenvalue weighted by Gasteiger charge is -2.34. The second-order valence-electron chi connectivity index (χ2n) is 11.0. The average Bonchev–Trinajstić information content (AvgIpc) is 3.00. The fourth-order valence-electron chi connectivity index (χ4n) is 4.53. The van der Waals surface area contributed by atoms with Gasteiger partial charge in [-0.2, -0.15) is 4.72 Å². The minimum absolute atomic E-state index is 0.0782. The van der Waals surface area contributed by atoms with Gasteiger partial charge < -0.3 is 42.7 Å². The van der Waals surface area contributed by atoms with Crippen LogP contribution < -0.4 is 27.2 Å². The van der Waals surface area contributed by atoms with Crippen LogP contribution in [0.2, 0.25) is 0 Å². The number of carbonyl (C=O) groups excluding carboxylic acids is 2. The molecule has 1 aliphatic rings. The smallest absolute Gasteiger partial charge is 0.300 e. The highest BCUT2D eigenvalue weighted by Crippen LogP contribution is 2.22. The Labute approximate surface area is 291 Å². The molecule has 1 saturated heterocycles. The van der Waals surface area contributed by atoms with Crippen molar-refractivity contribution in [3.8, 4) is 0 Å². The zero-order valence-corrected chi connectivity index (χ0v) is 29.2. The number of aliphatic carboxylic acids is 3. The van der Waals surface area contributed by atoms with Crippen molar-refractivity contribution in [3.05, 3.63) is 59.7 Å². The molecule has 18 heteroatoms. The zero-order chi connectivity index (χ0) is 38.4. The summed E-state index contributed by atoms with van der Waals surface area (Å²) in [7, 11) is -4.14. The number of carboxylic acids is 3. The van der Waals surface area contributed by atoms with Crippen molar-refractivity contribution < 1.29 is 47.7 Å². The van der Waals surface area contributed by atoms with Crippen LogP contribution in [0, 0.1) is 11.3 Å². The van der Waals surface area contributed by atoms with E-state index in [0.717, 1.165) is 40.0 Å². The topological polar surface area (TPSA) is 309 Å². The predicted octanol–water partition coefficient (Wildman–Crippen LogP) is 1.01. The molecule has 278 valence electrons. The largest absolute Gasteiger partial charge is 0.481 e. The summed E-state index contributed by atoms with van der Waals surface area (Å²) in [5.41, 5.74) is 18.2. The molecule has 17 nitrogen and oxygen atoms in total. The van der Waals surface area contributed by atoms with Crippen LogP contribution in [-0.4, -0.2) is 96.4 Å². The highest BCUT2D eigenvalue weighted by Gasteiger charge is 2.32. The standard InChI is InChI=1S/C26H37N7O4S.3C2H4O2/c27-11-7-18-9-13-33(14-10-18)26(35)23(16-19-3-1-4-20(15-19)25(29)30)32-38(36,37)22-6-2-5-21(17-22)31-24(34)8-12-28;3*1-2(3)4/h1-6,15,17-18,23,32H,7-14,16,27-28H2,(H3,29,30)(H,31,34);3*1H3,(H,3,4). The first-order valence-electron chi connectivity index (χ1n) is 15.5. The molecule has 1 unspecified atom stereocenters. The van der Waals surface area contributed by atoms with Crippen LogP contribution in [0.15, 0.2) is 53.4 Å². The van der Waals surface area contributed by atoms with Crippen LogP contribution in [0.4, 0.5) is 5.69 Å².